The average molecular weight is 2180 g/mol. The van der Waals surface area contributed by atoms with Gasteiger partial charge >= 0.3 is 81.3 Å². The number of hydrogen-bond donors (Lipinski definition) is 6. The van der Waals surface area contributed by atoms with Crippen molar-refractivity contribution in [2.75, 3.05) is 30.0 Å². The van der Waals surface area contributed by atoms with E-state index in [1.54, 1.807) is 53.7 Å². The predicted molar refractivity (Wildman–Crippen MR) is 530 cm³/mol. The second kappa shape index (κ2) is 52.0. The van der Waals surface area contributed by atoms with Gasteiger partial charge in [-0.15, -0.1) is 29.6 Å². The Bertz CT molecular complexity index is 6090. The molecule has 8 N–H and O–H groups in total. The number of rotatable bonds is 21. The number of aromatic nitrogens is 3. The molecular weight excluding hydrogens is 2070 g/mol. The van der Waals surface area contributed by atoms with Gasteiger partial charge in [0.2, 0.25) is 29.1 Å². The molecule has 0 fully saturated rings. The molecular formula is C94H109BrCl5F5N10O18PdSi2. The zero-order chi connectivity index (χ0) is 104. The zero-order valence-electron chi connectivity index (χ0n) is 78.2. The number of nitro benzene ring substituents is 5. The number of anilines is 2. The maximum atomic E-state index is 13.8. The van der Waals surface area contributed by atoms with Crippen molar-refractivity contribution in [1.29, 1.82) is 0 Å². The molecule has 0 spiro atoms. The van der Waals surface area contributed by atoms with Gasteiger partial charge in [0.1, 0.15) is 36.1 Å². The van der Waals surface area contributed by atoms with Gasteiger partial charge in [0.25, 0.3) is 0 Å². The number of ether oxygens (including phenoxy) is 3. The minimum absolute atomic E-state index is 0.0472. The fourth-order valence-corrected chi connectivity index (χ4v) is 11.8. The Morgan fingerprint density at radius 2 is 0.765 bits per heavy atom. The molecule has 0 atom stereocenters. The average Bonchev–Trinajstić information content (AvgIpc) is 1.64. The first-order chi connectivity index (χ1) is 62.7. The van der Waals surface area contributed by atoms with Crippen molar-refractivity contribution in [2.45, 2.75) is 183 Å². The second-order valence-corrected chi connectivity index (χ2v) is 52.1. The van der Waals surface area contributed by atoms with Crippen LogP contribution in [0, 0.1) is 115 Å². The molecule has 28 nitrogen and oxygen atoms in total. The van der Waals surface area contributed by atoms with Crippen molar-refractivity contribution in [3.05, 3.63) is 293 Å². The molecule has 0 aliphatic carbocycles. The van der Waals surface area contributed by atoms with Crippen LogP contribution in [-0.4, -0.2) is 96.8 Å². The molecule has 0 amide bonds. The van der Waals surface area contributed by atoms with Gasteiger partial charge in [-0.1, -0.05) is 191 Å². The Balaban J connectivity index is 0.000000414. The standard InChI is InChI=1S/2C19H17FN2O4.C18H27FN2O3Si.C13H14O2.C12H13FN2O3.C6H4BrFN2O2.C6H15ClSi.CH2Cl2.2ClH.Pd/c1-19(2,18(23)26-11-12-6-4-3-5-7-12)17-9-13-8-16(22(24)25)14(20)10-15(13)21-17;1-19(2,18(23)26-12-13-6-4-3-5-7-13)9-8-14-10-17(22(24)25)15(20)11-16(14)21;1-17(2,3)25(6,7)24-11-18(4,5)16-9-12-8-15(21(22)23)13(19)10-14(12)20-16;1-4-13(2,3)12(14)15-10-11-8-6-5-7-9-11;1-12(2,6-16)11-4-7-3-10(15(17)18)8(13)5-9(7)14-11;7-3-1-6(10(11)12)4(8)2-5(3)9;1-6(2,3)8(4,5)7;2-1-3;;;/h3-10,21H,11H2,1-2H3;3-7,10-11H,12,21H2,1-2H3;8-10,20H,11H2,1-7H3;1,5-9H,10H2,2-3H3;3-5,14,16H,6H2,1-2H3;1-2H,9H2;1-5H3;1H2;2*1H;/q;;;;;;;;;;+2/p-2. The van der Waals surface area contributed by atoms with Crippen LogP contribution in [0.5, 0.6) is 0 Å². The third kappa shape index (κ3) is 36.2. The molecule has 136 heavy (non-hydrogen) atoms. The quantitative estimate of drug-likeness (QED) is 0.00372. The van der Waals surface area contributed by atoms with Crippen LogP contribution in [0.1, 0.15) is 150 Å². The first kappa shape index (κ1) is 119. The van der Waals surface area contributed by atoms with Gasteiger partial charge in [0, 0.05) is 138 Å². The number of nitrogens with two attached hydrogens (primary N) is 2. The molecule has 0 radical (unpaired) electrons. The number of aromatic amines is 3. The summed E-state index contributed by atoms with van der Waals surface area (Å²) in [6.07, 6.45) is 5.23. The topological polar surface area (TPSA) is 423 Å². The van der Waals surface area contributed by atoms with E-state index in [0.29, 0.717) is 60.2 Å². The fraction of sp³-hybridized carbons (Fsp3) is 0.351. The van der Waals surface area contributed by atoms with Crippen LogP contribution >= 0.6 is 69.3 Å². The number of benzene rings is 8. The van der Waals surface area contributed by atoms with E-state index in [-0.39, 0.29) is 81.1 Å². The van der Waals surface area contributed by atoms with Gasteiger partial charge in [0.15, 0.2) is 15.7 Å². The van der Waals surface area contributed by atoms with Crippen molar-refractivity contribution in [3.63, 3.8) is 0 Å². The molecule has 8 aromatic carbocycles. The minimum atomic E-state index is -1.88. The van der Waals surface area contributed by atoms with E-state index in [2.05, 4.69) is 130 Å². The van der Waals surface area contributed by atoms with Gasteiger partial charge in [-0.3, -0.25) is 65.0 Å². The van der Waals surface area contributed by atoms with Crippen LogP contribution < -0.4 is 11.5 Å². The van der Waals surface area contributed by atoms with Crippen molar-refractivity contribution >= 4 is 175 Å². The zero-order valence-corrected chi connectivity index (χ0v) is 87.2. The van der Waals surface area contributed by atoms with E-state index >= 15 is 0 Å². The number of carbonyl (C=O) groups excluding carboxylic acids is 3. The number of aliphatic hydroxyl groups excluding tert-OH is 1. The molecule has 11 aromatic rings. The summed E-state index contributed by atoms with van der Waals surface area (Å²) in [5.74, 6) is 1.72. The van der Waals surface area contributed by atoms with Crippen LogP contribution in [-0.2, 0) is 85.0 Å². The summed E-state index contributed by atoms with van der Waals surface area (Å²) in [6.45, 7) is 40.4. The van der Waals surface area contributed by atoms with Gasteiger partial charge < -0.3 is 50.2 Å². The van der Waals surface area contributed by atoms with Gasteiger partial charge in [-0.2, -0.15) is 33.0 Å². The van der Waals surface area contributed by atoms with Crippen molar-refractivity contribution in [3.8, 4) is 24.2 Å². The molecule has 3 aromatic heterocycles. The number of terminal acetylenes is 1. The summed E-state index contributed by atoms with van der Waals surface area (Å²) in [4.78, 5) is 95.0. The number of esters is 3. The normalized spacial score (nSPS) is 11.4. The number of H-pyrrole nitrogens is 3. The molecule has 42 heteroatoms. The Morgan fingerprint density at radius 3 is 1.09 bits per heavy atom. The van der Waals surface area contributed by atoms with Crippen molar-refractivity contribution in [1.82, 2.24) is 15.0 Å². The second-order valence-electron chi connectivity index (χ2n) is 36.0. The Morgan fingerprint density at radius 1 is 0.471 bits per heavy atom. The number of aliphatic hydroxyl groups is 1. The van der Waals surface area contributed by atoms with E-state index in [9.17, 15) is 92.0 Å². The number of alkyl halides is 2. The molecule has 11 rings (SSSR count). The van der Waals surface area contributed by atoms with Crippen LogP contribution in [0.4, 0.5) is 61.8 Å². The summed E-state index contributed by atoms with van der Waals surface area (Å²) in [6, 6.07) is 43.8. The summed E-state index contributed by atoms with van der Waals surface area (Å²) < 4.78 is 89.7. The molecule has 0 bridgehead atoms. The van der Waals surface area contributed by atoms with Gasteiger partial charge in [-0.05, 0) is 116 Å². The van der Waals surface area contributed by atoms with E-state index < -0.39 is 131 Å². The maximum absolute atomic E-state index is 13.8. The summed E-state index contributed by atoms with van der Waals surface area (Å²) in [7, 11) is 6.36. The van der Waals surface area contributed by atoms with E-state index in [4.69, 9.17) is 89.9 Å². The summed E-state index contributed by atoms with van der Waals surface area (Å²) in [5, 5.41) is 65.0. The molecule has 0 aliphatic rings. The van der Waals surface area contributed by atoms with Crippen LogP contribution in [0.2, 0.25) is 36.3 Å². The van der Waals surface area contributed by atoms with Gasteiger partial charge in [-0.25, -0.2) is 0 Å². The number of nitrogens with zero attached hydrogens (tertiary/aromatic N) is 5. The van der Waals surface area contributed by atoms with E-state index in [1.807, 2.05) is 111 Å². The number of nitrogen functional groups attached to an aromatic ring is 2. The molecule has 0 unspecified atom stereocenters. The molecule has 0 aliphatic heterocycles. The Labute approximate surface area is 826 Å². The number of nitro groups is 5. The number of fused-ring (bicyclic) bond motifs is 3. The predicted octanol–water partition coefficient (Wildman–Crippen LogP) is 26.2. The SMILES string of the molecule is C#CC(C)(C)C(=O)OCc1ccccc1.CC(C)(C#Cc1cc([N+](=O)[O-])c(F)cc1N)C(=O)OCc1ccccc1.CC(C)(C(=O)OCc1ccccc1)c1cc2cc([N+](=O)[O-])c(F)cc2[nH]1.CC(C)(C)[Si](C)(C)Cl.CC(C)(CO)c1cc2cc([N+](=O)[O-])c(F)cc2[nH]1.CC(C)(CO[Si](C)(C)C(C)(C)C)c1cc2cc([N+](=O)[O-])c(F)cc2[nH]1.ClCCl.Nc1cc(F)c([N+](=O)[O-])cc1Br.[Cl][Pd][Cl]. The van der Waals surface area contributed by atoms with E-state index in [0.717, 1.165) is 64.8 Å². The van der Waals surface area contributed by atoms with Crippen molar-refractivity contribution in [2.24, 2.45) is 10.8 Å². The number of nitrogens with one attached hydrogen (secondary N) is 3. The third-order valence-corrected chi connectivity index (χ3v) is 31.6. The van der Waals surface area contributed by atoms with Crippen LogP contribution in [0.25, 0.3) is 32.7 Å². The fourth-order valence-electron chi connectivity index (χ4n) is 10.3. The van der Waals surface area contributed by atoms with Crippen LogP contribution in [0.15, 0.2) is 174 Å². The third-order valence-electron chi connectivity index (χ3n) is 21.2. The first-order valence-electron chi connectivity index (χ1n) is 40.8. The molecule has 3 heterocycles. The number of carbonyl (C=O) groups is 3. The molecule has 0 saturated carbocycles. The monoisotopic (exact) mass is 2180 g/mol. The number of hydrogen-bond acceptors (Lipinski definition) is 20. The first-order valence-corrected chi connectivity index (χ1v) is 53.6. The molecule has 738 valence electrons. The Kier molecular flexibility index (Phi) is 45.6. The van der Waals surface area contributed by atoms with Crippen molar-refractivity contribution < 1.29 is 101 Å². The summed E-state index contributed by atoms with van der Waals surface area (Å²) in [5.41, 5.74) is 10.4. The van der Waals surface area contributed by atoms with Gasteiger partial charge in [0.05, 0.1) is 47.8 Å². The Hall–Kier alpha value is -10.9. The summed E-state index contributed by atoms with van der Waals surface area (Å²) >= 11 is 18.5. The number of halogens is 11. The van der Waals surface area contributed by atoms with E-state index in [1.165, 1.54) is 18.2 Å². The molecule has 0 saturated heterocycles. The van der Waals surface area contributed by atoms with Crippen LogP contribution in [0.3, 0.4) is 0 Å².